The highest BCUT2D eigenvalue weighted by Gasteiger charge is 2.37. The second kappa shape index (κ2) is 6.27. The highest BCUT2D eigenvalue weighted by Crippen LogP contribution is 2.36. The van der Waals surface area contributed by atoms with E-state index in [0.29, 0.717) is 18.0 Å². The number of hydrogen-bond acceptors (Lipinski definition) is 8. The summed E-state index contributed by atoms with van der Waals surface area (Å²) in [5, 5.41) is 9.16. The summed E-state index contributed by atoms with van der Waals surface area (Å²) in [6, 6.07) is 3.09. The zero-order chi connectivity index (χ0) is 15.6. The van der Waals surface area contributed by atoms with Gasteiger partial charge in [0.2, 0.25) is 11.0 Å². The first-order valence-corrected chi connectivity index (χ1v) is 8.88. The number of hydrogen-bond donors (Lipinski definition) is 0. The Labute approximate surface area is 139 Å². The van der Waals surface area contributed by atoms with Crippen molar-refractivity contribution in [1.82, 2.24) is 20.2 Å². The van der Waals surface area contributed by atoms with Gasteiger partial charge in [-0.05, 0) is 25.7 Å². The molecule has 0 amide bonds. The lowest BCUT2D eigenvalue weighted by atomic mass is 10.0. The standard InChI is InChI=1S/C15H20N6OS/c1-22-14-8-13(16-9-17-14)21(11-2-3-11)12-4-6-20(7-5-12)15-19-18-10-23-15/h8-12H,2-7H2,1H3. The van der Waals surface area contributed by atoms with Gasteiger partial charge >= 0.3 is 0 Å². The Kier molecular flexibility index (Phi) is 3.99. The van der Waals surface area contributed by atoms with Crippen LogP contribution in [0.2, 0.25) is 0 Å². The van der Waals surface area contributed by atoms with Gasteiger partial charge in [-0.1, -0.05) is 11.3 Å². The van der Waals surface area contributed by atoms with Crippen LogP contribution in [0.4, 0.5) is 10.9 Å². The zero-order valence-corrected chi connectivity index (χ0v) is 13.9. The van der Waals surface area contributed by atoms with Gasteiger partial charge in [0.05, 0.1) is 7.11 Å². The summed E-state index contributed by atoms with van der Waals surface area (Å²) in [4.78, 5) is 13.4. The topological polar surface area (TPSA) is 67.3 Å². The van der Waals surface area contributed by atoms with Crippen molar-refractivity contribution in [2.75, 3.05) is 30.0 Å². The van der Waals surface area contributed by atoms with E-state index in [0.717, 1.165) is 36.9 Å². The monoisotopic (exact) mass is 332 g/mol. The summed E-state index contributed by atoms with van der Waals surface area (Å²) in [6.45, 7) is 2.04. The van der Waals surface area contributed by atoms with E-state index in [1.54, 1.807) is 30.3 Å². The third-order valence-corrected chi connectivity index (χ3v) is 5.27. The molecule has 1 aliphatic heterocycles. The summed E-state index contributed by atoms with van der Waals surface area (Å²) < 4.78 is 5.26. The fourth-order valence-corrected chi connectivity index (χ4v) is 3.86. The van der Waals surface area contributed by atoms with Crippen molar-refractivity contribution in [3.63, 3.8) is 0 Å². The minimum absolute atomic E-state index is 0.520. The van der Waals surface area contributed by atoms with E-state index in [1.165, 1.54) is 12.8 Å². The molecule has 0 aromatic carbocycles. The quantitative estimate of drug-likeness (QED) is 0.829. The van der Waals surface area contributed by atoms with E-state index >= 15 is 0 Å². The predicted molar refractivity (Wildman–Crippen MR) is 89.2 cm³/mol. The Morgan fingerprint density at radius 3 is 2.61 bits per heavy atom. The van der Waals surface area contributed by atoms with Gasteiger partial charge in [0.15, 0.2) is 0 Å². The molecule has 0 atom stereocenters. The predicted octanol–water partition coefficient (Wildman–Crippen LogP) is 1.97. The molecule has 0 bridgehead atoms. The highest BCUT2D eigenvalue weighted by molar-refractivity contribution is 7.13. The summed E-state index contributed by atoms with van der Waals surface area (Å²) in [6.07, 6.45) is 6.33. The summed E-state index contributed by atoms with van der Waals surface area (Å²) in [7, 11) is 1.65. The SMILES string of the molecule is COc1cc(N(C2CC2)C2CCN(c3nncs3)CC2)ncn1. The van der Waals surface area contributed by atoms with Crippen LogP contribution in [0.5, 0.6) is 5.88 Å². The van der Waals surface area contributed by atoms with Crippen LogP contribution in [0.1, 0.15) is 25.7 Å². The molecule has 2 fully saturated rings. The number of ether oxygens (including phenoxy) is 1. The second-order valence-electron chi connectivity index (χ2n) is 6.00. The van der Waals surface area contributed by atoms with E-state index in [4.69, 9.17) is 4.74 Å². The molecule has 1 aliphatic carbocycles. The molecule has 2 aromatic heterocycles. The molecular formula is C15H20N6OS. The molecule has 0 unspecified atom stereocenters. The van der Waals surface area contributed by atoms with Crippen LogP contribution >= 0.6 is 11.3 Å². The number of anilines is 2. The molecule has 1 saturated carbocycles. The average Bonchev–Trinajstić information content (AvgIpc) is 3.28. The smallest absolute Gasteiger partial charge is 0.218 e. The minimum Gasteiger partial charge on any atom is -0.481 e. The number of aromatic nitrogens is 4. The molecule has 122 valence electrons. The van der Waals surface area contributed by atoms with Crippen LogP contribution in [0.15, 0.2) is 17.9 Å². The van der Waals surface area contributed by atoms with E-state index in [2.05, 4.69) is 30.0 Å². The maximum atomic E-state index is 5.26. The number of piperidine rings is 1. The lowest BCUT2D eigenvalue weighted by molar-refractivity contribution is 0.395. The number of nitrogens with zero attached hydrogens (tertiary/aromatic N) is 6. The lowest BCUT2D eigenvalue weighted by Crippen LogP contribution is -2.46. The lowest BCUT2D eigenvalue weighted by Gasteiger charge is -2.39. The number of methoxy groups -OCH3 is 1. The van der Waals surface area contributed by atoms with Crippen molar-refractivity contribution in [1.29, 1.82) is 0 Å². The molecule has 2 aliphatic rings. The molecule has 4 rings (SSSR count). The van der Waals surface area contributed by atoms with Gasteiger partial charge in [-0.3, -0.25) is 0 Å². The first-order chi connectivity index (χ1) is 11.3. The van der Waals surface area contributed by atoms with Crippen molar-refractivity contribution >= 4 is 22.3 Å². The Hall–Kier alpha value is -1.96. The Morgan fingerprint density at radius 1 is 1.17 bits per heavy atom. The van der Waals surface area contributed by atoms with E-state index in [1.807, 2.05) is 6.07 Å². The fourth-order valence-electron chi connectivity index (χ4n) is 3.25. The Balaban J connectivity index is 1.48. The molecule has 3 heterocycles. The number of rotatable bonds is 5. The molecule has 2 aromatic rings. The molecule has 0 radical (unpaired) electrons. The second-order valence-corrected chi connectivity index (χ2v) is 6.81. The van der Waals surface area contributed by atoms with Gasteiger partial charge in [0, 0.05) is 31.2 Å². The molecule has 8 heteroatoms. The zero-order valence-electron chi connectivity index (χ0n) is 13.1. The van der Waals surface area contributed by atoms with Gasteiger partial charge in [-0.2, -0.15) is 0 Å². The average molecular weight is 332 g/mol. The van der Waals surface area contributed by atoms with Crippen molar-refractivity contribution < 1.29 is 4.74 Å². The van der Waals surface area contributed by atoms with Crippen molar-refractivity contribution in [2.45, 2.75) is 37.8 Å². The minimum atomic E-state index is 0.520. The van der Waals surface area contributed by atoms with Crippen molar-refractivity contribution in [3.05, 3.63) is 17.9 Å². The van der Waals surface area contributed by atoms with Gasteiger partial charge in [-0.15, -0.1) is 10.2 Å². The van der Waals surface area contributed by atoms with Gasteiger partial charge in [0.1, 0.15) is 17.7 Å². The Morgan fingerprint density at radius 2 is 1.96 bits per heavy atom. The van der Waals surface area contributed by atoms with E-state index in [-0.39, 0.29) is 0 Å². The first kappa shape index (κ1) is 14.6. The molecule has 23 heavy (non-hydrogen) atoms. The van der Waals surface area contributed by atoms with Crippen LogP contribution < -0.4 is 14.5 Å². The maximum absolute atomic E-state index is 5.26. The fraction of sp³-hybridized carbons (Fsp3) is 0.600. The van der Waals surface area contributed by atoms with E-state index in [9.17, 15) is 0 Å². The largest absolute Gasteiger partial charge is 0.481 e. The first-order valence-electron chi connectivity index (χ1n) is 8.00. The van der Waals surface area contributed by atoms with Crippen molar-refractivity contribution in [3.8, 4) is 5.88 Å². The van der Waals surface area contributed by atoms with Crippen LogP contribution in [-0.2, 0) is 0 Å². The van der Waals surface area contributed by atoms with Gasteiger partial charge in [0.25, 0.3) is 0 Å². The third-order valence-electron chi connectivity index (χ3n) is 4.52. The summed E-state index contributed by atoms with van der Waals surface area (Å²) in [5.74, 6) is 1.63. The van der Waals surface area contributed by atoms with Gasteiger partial charge in [-0.25, -0.2) is 9.97 Å². The van der Waals surface area contributed by atoms with Crippen molar-refractivity contribution in [2.24, 2.45) is 0 Å². The Bertz CT molecular complexity index is 639. The normalized spacial score (nSPS) is 18.9. The van der Waals surface area contributed by atoms with Crippen LogP contribution in [0, 0.1) is 0 Å². The van der Waals surface area contributed by atoms with Crippen LogP contribution in [0.25, 0.3) is 0 Å². The maximum Gasteiger partial charge on any atom is 0.218 e. The molecule has 7 nitrogen and oxygen atoms in total. The summed E-state index contributed by atoms with van der Waals surface area (Å²) in [5.41, 5.74) is 1.80. The molecule has 1 saturated heterocycles. The van der Waals surface area contributed by atoms with Gasteiger partial charge < -0.3 is 14.5 Å². The van der Waals surface area contributed by atoms with Crippen LogP contribution in [-0.4, -0.2) is 52.4 Å². The molecule has 0 N–H and O–H groups in total. The van der Waals surface area contributed by atoms with Crippen LogP contribution in [0.3, 0.4) is 0 Å². The molecular weight excluding hydrogens is 312 g/mol. The van der Waals surface area contributed by atoms with E-state index < -0.39 is 0 Å². The molecule has 0 spiro atoms. The third kappa shape index (κ3) is 3.08. The highest BCUT2D eigenvalue weighted by atomic mass is 32.1. The summed E-state index contributed by atoms with van der Waals surface area (Å²) >= 11 is 1.61.